The molecule has 0 bridgehead atoms. The van der Waals surface area contributed by atoms with E-state index in [9.17, 15) is 0 Å². The van der Waals surface area contributed by atoms with Crippen molar-refractivity contribution in [3.8, 4) is 0 Å². The summed E-state index contributed by atoms with van der Waals surface area (Å²) in [5, 5.41) is 0. The quantitative estimate of drug-likeness (QED) is 0.561. The van der Waals surface area contributed by atoms with Gasteiger partial charge in [0.05, 0.1) is 0 Å². The highest BCUT2D eigenvalue weighted by atomic mass is 15.2. The van der Waals surface area contributed by atoms with Crippen molar-refractivity contribution < 1.29 is 0 Å². The number of hydrogen-bond acceptors (Lipinski definition) is 2. The molecule has 1 unspecified atom stereocenters. The van der Waals surface area contributed by atoms with Crippen LogP contribution in [0.2, 0.25) is 0 Å². The van der Waals surface area contributed by atoms with Crippen LogP contribution in [0, 0.1) is 12.8 Å². The molecule has 0 aromatic heterocycles. The third-order valence-corrected chi connectivity index (χ3v) is 3.57. The fourth-order valence-corrected chi connectivity index (χ4v) is 2.36. The van der Waals surface area contributed by atoms with Gasteiger partial charge in [-0.05, 0) is 31.2 Å². The smallest absolute Gasteiger partial charge is 0.0253 e. The third kappa shape index (κ3) is 4.88. The van der Waals surface area contributed by atoms with Crippen LogP contribution in [0.15, 0.2) is 24.3 Å². The maximum Gasteiger partial charge on any atom is 0.0253 e. The average molecular weight is 234 g/mol. The van der Waals surface area contributed by atoms with Crippen molar-refractivity contribution in [2.45, 2.75) is 52.5 Å². The van der Waals surface area contributed by atoms with Gasteiger partial charge in [0.15, 0.2) is 0 Å². The highest BCUT2D eigenvalue weighted by Gasteiger charge is 2.13. The van der Waals surface area contributed by atoms with E-state index in [4.69, 9.17) is 5.84 Å². The molecular formula is C15H26N2. The number of nitrogens with one attached hydrogen (secondary N) is 1. The first kappa shape index (κ1) is 14.2. The third-order valence-electron chi connectivity index (χ3n) is 3.57. The van der Waals surface area contributed by atoms with Gasteiger partial charge in [-0.25, -0.2) is 0 Å². The van der Waals surface area contributed by atoms with E-state index < -0.39 is 0 Å². The zero-order valence-electron chi connectivity index (χ0n) is 11.4. The summed E-state index contributed by atoms with van der Waals surface area (Å²) in [6.07, 6.45) is 4.66. The van der Waals surface area contributed by atoms with Crippen molar-refractivity contribution in [2.75, 3.05) is 0 Å². The largest absolute Gasteiger partial charge is 0.271 e. The average Bonchev–Trinajstić information content (AvgIpc) is 2.34. The summed E-state index contributed by atoms with van der Waals surface area (Å²) in [6.45, 7) is 6.65. The van der Waals surface area contributed by atoms with Crippen LogP contribution in [0.5, 0.6) is 0 Å². The summed E-state index contributed by atoms with van der Waals surface area (Å²) in [5.74, 6) is 6.44. The lowest BCUT2D eigenvalue weighted by atomic mass is 9.91. The molecular weight excluding hydrogens is 208 g/mol. The first-order valence-corrected chi connectivity index (χ1v) is 6.71. The van der Waals surface area contributed by atoms with Gasteiger partial charge in [-0.1, -0.05) is 56.5 Å². The lowest BCUT2D eigenvalue weighted by Gasteiger charge is -2.21. The van der Waals surface area contributed by atoms with Crippen LogP contribution in [-0.4, -0.2) is 6.04 Å². The van der Waals surface area contributed by atoms with Gasteiger partial charge in [0, 0.05) is 6.04 Å². The molecule has 0 amide bonds. The van der Waals surface area contributed by atoms with Crippen LogP contribution in [0.1, 0.15) is 44.2 Å². The topological polar surface area (TPSA) is 38.0 Å². The molecule has 0 radical (unpaired) electrons. The molecule has 0 heterocycles. The minimum absolute atomic E-state index is 0.390. The van der Waals surface area contributed by atoms with Gasteiger partial charge in [0.1, 0.15) is 0 Å². The molecule has 17 heavy (non-hydrogen) atoms. The van der Waals surface area contributed by atoms with Crippen LogP contribution in [0.4, 0.5) is 0 Å². The van der Waals surface area contributed by atoms with E-state index in [2.05, 4.69) is 50.5 Å². The lowest BCUT2D eigenvalue weighted by Crippen LogP contribution is -2.38. The van der Waals surface area contributed by atoms with Crippen molar-refractivity contribution in [1.29, 1.82) is 0 Å². The van der Waals surface area contributed by atoms with Crippen molar-refractivity contribution in [3.63, 3.8) is 0 Å². The number of nitrogens with two attached hydrogens (primary N) is 1. The van der Waals surface area contributed by atoms with Gasteiger partial charge >= 0.3 is 0 Å². The van der Waals surface area contributed by atoms with Gasteiger partial charge in [0.2, 0.25) is 0 Å². The van der Waals surface area contributed by atoms with Crippen molar-refractivity contribution in [1.82, 2.24) is 5.43 Å². The Morgan fingerprint density at radius 3 is 2.47 bits per heavy atom. The normalized spacial score (nSPS) is 13.0. The maximum absolute atomic E-state index is 5.67. The molecule has 2 heteroatoms. The highest BCUT2D eigenvalue weighted by Crippen LogP contribution is 2.17. The molecule has 0 aliphatic rings. The number of benzene rings is 1. The second-order valence-corrected chi connectivity index (χ2v) is 4.97. The standard InChI is InChI=1S/C15H26N2/c1-4-13(5-2)10-15(17-16)11-14-8-6-7-12(3)9-14/h6-9,13,15,17H,4-5,10-11,16H2,1-3H3. The zero-order valence-corrected chi connectivity index (χ0v) is 11.4. The Kier molecular flexibility index (Phi) is 6.23. The van der Waals surface area contributed by atoms with E-state index in [1.54, 1.807) is 0 Å². The summed E-state index contributed by atoms with van der Waals surface area (Å²) in [7, 11) is 0. The van der Waals surface area contributed by atoms with E-state index in [0.717, 1.165) is 18.8 Å². The molecule has 0 fully saturated rings. The predicted molar refractivity (Wildman–Crippen MR) is 74.7 cm³/mol. The molecule has 1 aromatic carbocycles. The van der Waals surface area contributed by atoms with Gasteiger partial charge in [0.25, 0.3) is 0 Å². The Bertz CT molecular complexity index is 318. The SMILES string of the molecule is CCC(CC)CC(Cc1cccc(C)c1)NN. The van der Waals surface area contributed by atoms with Crippen molar-refractivity contribution in [2.24, 2.45) is 11.8 Å². The van der Waals surface area contributed by atoms with Gasteiger partial charge in [-0.3, -0.25) is 11.3 Å². The summed E-state index contributed by atoms with van der Waals surface area (Å²) < 4.78 is 0. The number of rotatable bonds is 7. The monoisotopic (exact) mass is 234 g/mol. The van der Waals surface area contributed by atoms with Gasteiger partial charge < -0.3 is 0 Å². The zero-order chi connectivity index (χ0) is 12.7. The van der Waals surface area contributed by atoms with Gasteiger partial charge in [-0.15, -0.1) is 0 Å². The molecule has 0 aliphatic heterocycles. The molecule has 1 aromatic rings. The Hall–Kier alpha value is -0.860. The Balaban J connectivity index is 2.57. The van der Waals surface area contributed by atoms with E-state index in [1.165, 1.54) is 24.0 Å². The number of aryl methyl sites for hydroxylation is 1. The van der Waals surface area contributed by atoms with Crippen LogP contribution in [0.3, 0.4) is 0 Å². The highest BCUT2D eigenvalue weighted by molar-refractivity contribution is 5.22. The maximum atomic E-state index is 5.67. The minimum Gasteiger partial charge on any atom is -0.271 e. The van der Waals surface area contributed by atoms with Crippen LogP contribution >= 0.6 is 0 Å². The Morgan fingerprint density at radius 1 is 1.24 bits per heavy atom. The molecule has 2 nitrogen and oxygen atoms in total. The lowest BCUT2D eigenvalue weighted by molar-refractivity contribution is 0.366. The van der Waals surface area contributed by atoms with E-state index in [-0.39, 0.29) is 0 Å². The molecule has 0 spiro atoms. The molecule has 1 rings (SSSR count). The number of hydrogen-bond donors (Lipinski definition) is 2. The minimum atomic E-state index is 0.390. The fourth-order valence-electron chi connectivity index (χ4n) is 2.36. The Morgan fingerprint density at radius 2 is 1.94 bits per heavy atom. The molecule has 96 valence electrons. The number of hydrazine groups is 1. The van der Waals surface area contributed by atoms with Crippen LogP contribution in [0.25, 0.3) is 0 Å². The van der Waals surface area contributed by atoms with E-state index in [1.807, 2.05) is 0 Å². The first-order valence-electron chi connectivity index (χ1n) is 6.71. The Labute approximate surface area is 106 Å². The molecule has 0 saturated heterocycles. The second kappa shape index (κ2) is 7.46. The molecule has 0 saturated carbocycles. The summed E-state index contributed by atoms with van der Waals surface area (Å²) >= 11 is 0. The van der Waals surface area contributed by atoms with Crippen molar-refractivity contribution >= 4 is 0 Å². The summed E-state index contributed by atoms with van der Waals surface area (Å²) in [6, 6.07) is 9.08. The van der Waals surface area contributed by atoms with E-state index in [0.29, 0.717) is 6.04 Å². The van der Waals surface area contributed by atoms with E-state index >= 15 is 0 Å². The van der Waals surface area contributed by atoms with Crippen LogP contribution in [-0.2, 0) is 6.42 Å². The van der Waals surface area contributed by atoms with Crippen molar-refractivity contribution in [3.05, 3.63) is 35.4 Å². The predicted octanol–water partition coefficient (Wildman–Crippen LogP) is 3.20. The van der Waals surface area contributed by atoms with Gasteiger partial charge in [-0.2, -0.15) is 0 Å². The molecule has 3 N–H and O–H groups in total. The molecule has 0 aliphatic carbocycles. The fraction of sp³-hybridized carbons (Fsp3) is 0.600. The second-order valence-electron chi connectivity index (χ2n) is 4.97. The van der Waals surface area contributed by atoms with Crippen LogP contribution < -0.4 is 11.3 Å². The first-order chi connectivity index (χ1) is 8.19. The molecule has 1 atom stereocenters. The summed E-state index contributed by atoms with van der Waals surface area (Å²) in [4.78, 5) is 0. The summed E-state index contributed by atoms with van der Waals surface area (Å²) in [5.41, 5.74) is 5.66.